The van der Waals surface area contributed by atoms with E-state index in [1.165, 1.54) is 23.6 Å². The molecule has 1 saturated heterocycles. The first-order valence-corrected chi connectivity index (χ1v) is 8.06. The maximum atomic E-state index is 12.4. The fourth-order valence-corrected chi connectivity index (χ4v) is 3.57. The molecule has 0 bridgehead atoms. The predicted molar refractivity (Wildman–Crippen MR) is 83.2 cm³/mol. The molecule has 0 spiro atoms. The highest BCUT2D eigenvalue weighted by molar-refractivity contribution is 7.99. The van der Waals surface area contributed by atoms with E-state index in [0.29, 0.717) is 11.6 Å². The second kappa shape index (κ2) is 7.31. The first-order valence-electron chi connectivity index (χ1n) is 6.91. The first-order chi connectivity index (χ1) is 10.5. The molecule has 118 valence electrons. The molecule has 1 aliphatic rings. The number of amides is 2. The van der Waals surface area contributed by atoms with Crippen molar-refractivity contribution in [1.82, 2.24) is 10.2 Å². The Kier molecular flexibility index (Phi) is 5.43. The number of nitrogens with zero attached hydrogens (tertiary/aromatic N) is 1. The Morgan fingerprint density at radius 3 is 2.64 bits per heavy atom. The molecule has 1 aliphatic heterocycles. The Bertz CT molecular complexity index is 564. The Morgan fingerprint density at radius 1 is 1.36 bits per heavy atom. The van der Waals surface area contributed by atoms with Crippen LogP contribution in [0, 0.1) is 0 Å². The van der Waals surface area contributed by atoms with Crippen LogP contribution in [-0.2, 0) is 14.4 Å². The zero-order chi connectivity index (χ0) is 16.1. The Morgan fingerprint density at radius 2 is 2.05 bits per heavy atom. The number of thioether (sulfide) groups is 1. The molecule has 0 unspecified atom stereocenters. The van der Waals surface area contributed by atoms with Crippen LogP contribution in [0.25, 0.3) is 0 Å². The number of rotatable bonds is 5. The summed E-state index contributed by atoms with van der Waals surface area (Å²) in [6.45, 7) is 1.43. The highest BCUT2D eigenvalue weighted by atomic mass is 32.2. The Balaban J connectivity index is 2.11. The molecule has 2 amide bonds. The maximum absolute atomic E-state index is 12.4. The van der Waals surface area contributed by atoms with E-state index in [-0.39, 0.29) is 18.2 Å². The molecular formula is C15H18N2O4S. The summed E-state index contributed by atoms with van der Waals surface area (Å²) in [6.07, 6.45) is -0.199. The molecule has 0 aliphatic carbocycles. The first kappa shape index (κ1) is 16.4. The smallest absolute Gasteiger partial charge is 0.305 e. The van der Waals surface area contributed by atoms with Gasteiger partial charge in [0.05, 0.1) is 18.3 Å². The van der Waals surface area contributed by atoms with E-state index in [4.69, 9.17) is 5.11 Å². The van der Waals surface area contributed by atoms with Gasteiger partial charge in [-0.3, -0.25) is 14.4 Å². The molecule has 1 fully saturated rings. The van der Waals surface area contributed by atoms with Crippen molar-refractivity contribution in [3.05, 3.63) is 35.9 Å². The van der Waals surface area contributed by atoms with Gasteiger partial charge in [-0.15, -0.1) is 11.8 Å². The summed E-state index contributed by atoms with van der Waals surface area (Å²) < 4.78 is 0. The van der Waals surface area contributed by atoms with Crippen molar-refractivity contribution in [3.63, 3.8) is 0 Å². The van der Waals surface area contributed by atoms with E-state index in [1.54, 1.807) is 24.3 Å². The standard InChI is InChI=1S/C15H18N2O4S/c1-10(18)17-9-22-8-13(17)15(21)16-12(7-14(19)20)11-5-3-2-4-6-11/h2-6,12-13H,7-9H2,1H3,(H,16,21)(H,19,20)/t12-,13-/m0/s1. The summed E-state index contributed by atoms with van der Waals surface area (Å²) >= 11 is 1.51. The monoisotopic (exact) mass is 322 g/mol. The normalized spacial score (nSPS) is 18.8. The molecule has 7 heteroatoms. The number of carbonyl (C=O) groups excluding carboxylic acids is 2. The number of carbonyl (C=O) groups is 3. The van der Waals surface area contributed by atoms with Gasteiger partial charge in [0.25, 0.3) is 0 Å². The number of nitrogens with one attached hydrogen (secondary N) is 1. The third-order valence-corrected chi connectivity index (χ3v) is 4.50. The molecule has 0 saturated carbocycles. The van der Waals surface area contributed by atoms with Crippen LogP contribution in [-0.4, -0.2) is 45.5 Å². The minimum absolute atomic E-state index is 0.153. The fourth-order valence-electron chi connectivity index (χ4n) is 2.35. The molecule has 22 heavy (non-hydrogen) atoms. The fraction of sp³-hybridized carbons (Fsp3) is 0.400. The van der Waals surface area contributed by atoms with Gasteiger partial charge in [0.15, 0.2) is 0 Å². The summed E-state index contributed by atoms with van der Waals surface area (Å²) in [5, 5.41) is 11.8. The van der Waals surface area contributed by atoms with E-state index >= 15 is 0 Å². The number of carboxylic acid groups (broad SMARTS) is 1. The van der Waals surface area contributed by atoms with Gasteiger partial charge < -0.3 is 15.3 Å². The molecule has 1 aromatic rings. The van der Waals surface area contributed by atoms with Gasteiger partial charge in [-0.05, 0) is 5.56 Å². The van der Waals surface area contributed by atoms with Crippen molar-refractivity contribution in [3.8, 4) is 0 Å². The Hall–Kier alpha value is -2.02. The van der Waals surface area contributed by atoms with Crippen LogP contribution < -0.4 is 5.32 Å². The third-order valence-electron chi connectivity index (χ3n) is 3.49. The number of hydrogen-bond acceptors (Lipinski definition) is 4. The Labute approximate surface area is 132 Å². The second-order valence-electron chi connectivity index (χ2n) is 5.07. The average Bonchev–Trinajstić information content (AvgIpc) is 2.96. The number of benzene rings is 1. The lowest BCUT2D eigenvalue weighted by Crippen LogP contribution is -2.47. The van der Waals surface area contributed by atoms with Crippen molar-refractivity contribution in [1.29, 1.82) is 0 Å². The summed E-state index contributed by atoms with van der Waals surface area (Å²) in [5.74, 6) is -0.434. The van der Waals surface area contributed by atoms with Gasteiger partial charge in [0.1, 0.15) is 6.04 Å². The number of aliphatic carboxylic acids is 1. The van der Waals surface area contributed by atoms with Crippen molar-refractivity contribution in [2.24, 2.45) is 0 Å². The zero-order valence-electron chi connectivity index (χ0n) is 12.2. The molecule has 0 radical (unpaired) electrons. The van der Waals surface area contributed by atoms with Crippen molar-refractivity contribution in [2.75, 3.05) is 11.6 Å². The van der Waals surface area contributed by atoms with E-state index in [1.807, 2.05) is 6.07 Å². The van der Waals surface area contributed by atoms with E-state index in [9.17, 15) is 14.4 Å². The largest absolute Gasteiger partial charge is 0.481 e. The molecule has 0 aromatic heterocycles. The molecule has 2 rings (SSSR count). The van der Waals surface area contributed by atoms with Crippen molar-refractivity contribution in [2.45, 2.75) is 25.4 Å². The molecule has 1 aromatic carbocycles. The number of carboxylic acids is 1. The summed E-state index contributed by atoms with van der Waals surface area (Å²) in [5.41, 5.74) is 0.735. The average molecular weight is 322 g/mol. The lowest BCUT2D eigenvalue weighted by atomic mass is 10.0. The lowest BCUT2D eigenvalue weighted by Gasteiger charge is -2.24. The van der Waals surface area contributed by atoms with Gasteiger partial charge >= 0.3 is 5.97 Å². The van der Waals surface area contributed by atoms with Crippen molar-refractivity contribution >= 4 is 29.5 Å². The van der Waals surface area contributed by atoms with E-state index < -0.39 is 18.1 Å². The van der Waals surface area contributed by atoms with Gasteiger partial charge in [-0.25, -0.2) is 0 Å². The third kappa shape index (κ3) is 4.00. The van der Waals surface area contributed by atoms with Crippen LogP contribution in [0.2, 0.25) is 0 Å². The van der Waals surface area contributed by atoms with Crippen LogP contribution in [0.4, 0.5) is 0 Å². The van der Waals surface area contributed by atoms with Crippen LogP contribution in [0.15, 0.2) is 30.3 Å². The van der Waals surface area contributed by atoms with Crippen LogP contribution in [0.5, 0.6) is 0 Å². The van der Waals surface area contributed by atoms with Gasteiger partial charge in [-0.1, -0.05) is 30.3 Å². The summed E-state index contributed by atoms with van der Waals surface area (Å²) in [6, 6.07) is 7.83. The van der Waals surface area contributed by atoms with Gasteiger partial charge in [0.2, 0.25) is 11.8 Å². The highest BCUT2D eigenvalue weighted by Gasteiger charge is 2.34. The van der Waals surface area contributed by atoms with E-state index in [2.05, 4.69) is 5.32 Å². The van der Waals surface area contributed by atoms with Crippen LogP contribution in [0.3, 0.4) is 0 Å². The second-order valence-corrected chi connectivity index (χ2v) is 6.07. The molecule has 2 N–H and O–H groups in total. The molecule has 2 atom stereocenters. The van der Waals surface area contributed by atoms with Gasteiger partial charge in [-0.2, -0.15) is 0 Å². The highest BCUT2D eigenvalue weighted by Crippen LogP contribution is 2.23. The maximum Gasteiger partial charge on any atom is 0.305 e. The quantitative estimate of drug-likeness (QED) is 0.852. The molecular weight excluding hydrogens is 304 g/mol. The summed E-state index contributed by atoms with van der Waals surface area (Å²) in [7, 11) is 0. The van der Waals surface area contributed by atoms with Crippen molar-refractivity contribution < 1.29 is 19.5 Å². The minimum Gasteiger partial charge on any atom is -0.481 e. The topological polar surface area (TPSA) is 86.7 Å². The molecule has 1 heterocycles. The molecule has 6 nitrogen and oxygen atoms in total. The summed E-state index contributed by atoms with van der Waals surface area (Å²) in [4.78, 5) is 36.5. The predicted octanol–water partition coefficient (Wildman–Crippen LogP) is 1.24. The SMILES string of the molecule is CC(=O)N1CSC[C@H]1C(=O)N[C@@H](CC(=O)O)c1ccccc1. The van der Waals surface area contributed by atoms with Crippen LogP contribution in [0.1, 0.15) is 24.9 Å². The lowest BCUT2D eigenvalue weighted by molar-refractivity contribution is -0.139. The minimum atomic E-state index is -0.988. The zero-order valence-corrected chi connectivity index (χ0v) is 13.0. The van der Waals surface area contributed by atoms with Gasteiger partial charge in [0, 0.05) is 12.7 Å². The van der Waals surface area contributed by atoms with E-state index in [0.717, 1.165) is 5.56 Å². The van der Waals surface area contributed by atoms with Crippen LogP contribution >= 0.6 is 11.8 Å². The number of hydrogen-bond donors (Lipinski definition) is 2.